The zero-order valence-electron chi connectivity index (χ0n) is 13.7. The number of aryl methyl sites for hydroxylation is 2. The maximum atomic E-state index is 11.8. The van der Waals surface area contributed by atoms with Crippen molar-refractivity contribution < 1.29 is 14.7 Å². The molecule has 2 amide bonds. The maximum absolute atomic E-state index is 11.8. The van der Waals surface area contributed by atoms with Crippen LogP contribution in [0.1, 0.15) is 43.2 Å². The van der Waals surface area contributed by atoms with E-state index in [9.17, 15) is 14.7 Å². The smallest absolute Gasteiger partial charge is 0.239 e. The molecular weight excluding hydrogens is 292 g/mol. The van der Waals surface area contributed by atoms with Gasteiger partial charge in [-0.25, -0.2) is 0 Å². The third kappa shape index (κ3) is 6.40. The zero-order valence-corrected chi connectivity index (χ0v) is 13.7. The third-order valence-electron chi connectivity index (χ3n) is 4.27. The summed E-state index contributed by atoms with van der Waals surface area (Å²) in [6.45, 7) is 2.05. The van der Waals surface area contributed by atoms with Crippen molar-refractivity contribution in [1.82, 2.24) is 10.6 Å². The maximum Gasteiger partial charge on any atom is 0.239 e. The van der Waals surface area contributed by atoms with Crippen molar-refractivity contribution in [3.05, 3.63) is 35.4 Å². The molecule has 5 heteroatoms. The molecule has 1 aliphatic rings. The zero-order chi connectivity index (χ0) is 16.7. The summed E-state index contributed by atoms with van der Waals surface area (Å²) in [6, 6.07) is 8.22. The largest absolute Gasteiger partial charge is 0.393 e. The van der Waals surface area contributed by atoms with E-state index in [1.165, 1.54) is 5.56 Å². The van der Waals surface area contributed by atoms with E-state index >= 15 is 0 Å². The van der Waals surface area contributed by atoms with Crippen molar-refractivity contribution in [3.63, 3.8) is 0 Å². The van der Waals surface area contributed by atoms with Crippen LogP contribution in [0.3, 0.4) is 0 Å². The monoisotopic (exact) mass is 318 g/mol. The minimum absolute atomic E-state index is 0.0196. The van der Waals surface area contributed by atoms with Gasteiger partial charge >= 0.3 is 0 Å². The molecule has 2 rings (SSSR count). The van der Waals surface area contributed by atoms with Crippen LogP contribution in [0.25, 0.3) is 0 Å². The van der Waals surface area contributed by atoms with Crippen molar-refractivity contribution >= 4 is 11.8 Å². The van der Waals surface area contributed by atoms with Crippen LogP contribution in [0, 0.1) is 6.92 Å². The second-order valence-corrected chi connectivity index (χ2v) is 6.34. The Balaban J connectivity index is 1.61. The third-order valence-corrected chi connectivity index (χ3v) is 4.27. The number of hydrogen-bond donors (Lipinski definition) is 3. The van der Waals surface area contributed by atoms with Crippen LogP contribution in [-0.2, 0) is 16.0 Å². The topological polar surface area (TPSA) is 78.4 Å². The molecule has 0 unspecified atom stereocenters. The van der Waals surface area contributed by atoms with E-state index in [-0.39, 0.29) is 30.5 Å². The standard InChI is InChI=1S/C18H26N2O3/c1-13-2-4-14(5-3-13)6-11-17(22)19-12-18(23)20-15-7-9-16(21)10-8-15/h2-5,15-16,21H,6-12H2,1H3,(H,19,22)(H,20,23). The molecule has 23 heavy (non-hydrogen) atoms. The number of rotatable bonds is 6. The predicted molar refractivity (Wildman–Crippen MR) is 88.9 cm³/mol. The summed E-state index contributed by atoms with van der Waals surface area (Å²) >= 11 is 0. The molecule has 1 aliphatic carbocycles. The lowest BCUT2D eigenvalue weighted by molar-refractivity contribution is -0.126. The van der Waals surface area contributed by atoms with Gasteiger partial charge in [0.25, 0.3) is 0 Å². The van der Waals surface area contributed by atoms with Crippen LogP contribution in [-0.4, -0.2) is 35.6 Å². The lowest BCUT2D eigenvalue weighted by atomic mass is 9.93. The molecule has 0 atom stereocenters. The molecule has 0 bridgehead atoms. The van der Waals surface area contributed by atoms with Crippen molar-refractivity contribution in [3.8, 4) is 0 Å². The van der Waals surface area contributed by atoms with Crippen LogP contribution in [0.5, 0.6) is 0 Å². The summed E-state index contributed by atoms with van der Waals surface area (Å²) in [5, 5.41) is 15.0. The van der Waals surface area contributed by atoms with Gasteiger partial charge in [0.2, 0.25) is 11.8 Å². The first-order valence-corrected chi connectivity index (χ1v) is 8.32. The van der Waals surface area contributed by atoms with Crippen molar-refractivity contribution in [2.24, 2.45) is 0 Å². The first kappa shape index (κ1) is 17.5. The number of aliphatic hydroxyl groups excluding tert-OH is 1. The summed E-state index contributed by atoms with van der Waals surface area (Å²) in [4.78, 5) is 23.6. The van der Waals surface area contributed by atoms with E-state index in [2.05, 4.69) is 10.6 Å². The molecule has 1 saturated carbocycles. The molecule has 3 N–H and O–H groups in total. The van der Waals surface area contributed by atoms with E-state index in [0.29, 0.717) is 12.8 Å². The van der Waals surface area contributed by atoms with Crippen molar-refractivity contribution in [2.45, 2.75) is 57.6 Å². The van der Waals surface area contributed by atoms with Gasteiger partial charge in [0.1, 0.15) is 0 Å². The minimum atomic E-state index is -0.232. The van der Waals surface area contributed by atoms with E-state index in [0.717, 1.165) is 31.2 Å². The molecule has 1 aromatic rings. The Kier molecular flexibility index (Phi) is 6.59. The van der Waals surface area contributed by atoms with Gasteiger partial charge in [-0.05, 0) is 44.6 Å². The van der Waals surface area contributed by atoms with Gasteiger partial charge in [-0.1, -0.05) is 29.8 Å². The van der Waals surface area contributed by atoms with Gasteiger partial charge in [0.15, 0.2) is 0 Å². The Hall–Kier alpha value is -1.88. The highest BCUT2D eigenvalue weighted by molar-refractivity contribution is 5.84. The number of amides is 2. The molecule has 0 spiro atoms. The number of carbonyl (C=O) groups excluding carboxylic acids is 2. The highest BCUT2D eigenvalue weighted by Crippen LogP contribution is 2.18. The molecular formula is C18H26N2O3. The highest BCUT2D eigenvalue weighted by atomic mass is 16.3. The Morgan fingerprint density at radius 3 is 2.39 bits per heavy atom. The number of hydrogen-bond acceptors (Lipinski definition) is 3. The summed E-state index contributed by atoms with van der Waals surface area (Å²) in [5.74, 6) is -0.269. The molecule has 1 aromatic carbocycles. The van der Waals surface area contributed by atoms with Crippen LogP contribution in [0.4, 0.5) is 0 Å². The summed E-state index contributed by atoms with van der Waals surface area (Å²) in [5.41, 5.74) is 2.32. The lowest BCUT2D eigenvalue weighted by Gasteiger charge is -2.26. The van der Waals surface area contributed by atoms with Gasteiger partial charge in [-0.15, -0.1) is 0 Å². The molecule has 0 heterocycles. The fourth-order valence-electron chi connectivity index (χ4n) is 2.78. The summed E-state index contributed by atoms with van der Waals surface area (Å²) in [6.07, 6.45) is 3.88. The predicted octanol–water partition coefficient (Wildman–Crippen LogP) is 1.46. The normalized spacial score (nSPS) is 20.8. The molecule has 5 nitrogen and oxygen atoms in total. The van der Waals surface area contributed by atoms with E-state index < -0.39 is 0 Å². The number of carbonyl (C=O) groups is 2. The average molecular weight is 318 g/mol. The Bertz CT molecular complexity index is 520. The van der Waals surface area contributed by atoms with Crippen LogP contribution >= 0.6 is 0 Å². The molecule has 0 aromatic heterocycles. The molecule has 0 saturated heterocycles. The Morgan fingerprint density at radius 1 is 1.09 bits per heavy atom. The Morgan fingerprint density at radius 2 is 1.74 bits per heavy atom. The lowest BCUT2D eigenvalue weighted by Crippen LogP contribution is -2.43. The molecule has 126 valence electrons. The fourth-order valence-corrected chi connectivity index (χ4v) is 2.78. The fraction of sp³-hybridized carbons (Fsp3) is 0.556. The minimum Gasteiger partial charge on any atom is -0.393 e. The summed E-state index contributed by atoms with van der Waals surface area (Å²) < 4.78 is 0. The van der Waals surface area contributed by atoms with Crippen LogP contribution < -0.4 is 10.6 Å². The summed E-state index contributed by atoms with van der Waals surface area (Å²) in [7, 11) is 0. The van der Waals surface area contributed by atoms with Crippen LogP contribution in [0.2, 0.25) is 0 Å². The number of aliphatic hydroxyl groups is 1. The number of nitrogens with one attached hydrogen (secondary N) is 2. The second-order valence-electron chi connectivity index (χ2n) is 6.34. The van der Waals surface area contributed by atoms with E-state index in [4.69, 9.17) is 0 Å². The number of benzene rings is 1. The van der Waals surface area contributed by atoms with Gasteiger partial charge in [0.05, 0.1) is 12.6 Å². The SMILES string of the molecule is Cc1ccc(CCC(=O)NCC(=O)NC2CCC(O)CC2)cc1. The van der Waals surface area contributed by atoms with E-state index in [1.54, 1.807) is 0 Å². The van der Waals surface area contributed by atoms with Crippen molar-refractivity contribution in [2.75, 3.05) is 6.54 Å². The second kappa shape index (κ2) is 8.67. The van der Waals surface area contributed by atoms with Gasteiger partial charge in [-0.2, -0.15) is 0 Å². The van der Waals surface area contributed by atoms with Crippen LogP contribution in [0.15, 0.2) is 24.3 Å². The quantitative estimate of drug-likeness (QED) is 0.743. The molecule has 0 radical (unpaired) electrons. The van der Waals surface area contributed by atoms with Crippen molar-refractivity contribution in [1.29, 1.82) is 0 Å². The van der Waals surface area contributed by atoms with E-state index in [1.807, 2.05) is 31.2 Å². The highest BCUT2D eigenvalue weighted by Gasteiger charge is 2.20. The average Bonchev–Trinajstić information content (AvgIpc) is 2.54. The molecule has 1 fully saturated rings. The van der Waals surface area contributed by atoms with Gasteiger partial charge < -0.3 is 15.7 Å². The Labute approximate surface area is 137 Å². The first-order valence-electron chi connectivity index (χ1n) is 8.32. The van der Waals surface area contributed by atoms with Gasteiger partial charge in [-0.3, -0.25) is 9.59 Å². The van der Waals surface area contributed by atoms with Gasteiger partial charge in [0, 0.05) is 12.5 Å². The molecule has 0 aliphatic heterocycles. The first-order chi connectivity index (χ1) is 11.0.